The Kier molecular flexibility index (Phi) is 6.77. The van der Waals surface area contributed by atoms with Crippen molar-refractivity contribution in [2.24, 2.45) is 0 Å². The van der Waals surface area contributed by atoms with Crippen LogP contribution in [-0.4, -0.2) is 0 Å². The molecule has 0 radical (unpaired) electrons. The molecule has 0 saturated heterocycles. The third-order valence-corrected chi connectivity index (χ3v) is 2.47. The first kappa shape index (κ1) is 14.0. The van der Waals surface area contributed by atoms with Crippen molar-refractivity contribution in [2.45, 2.75) is 47.5 Å². The van der Waals surface area contributed by atoms with Gasteiger partial charge in [-0.25, -0.2) is 0 Å². The molecular weight excluding hydrogens is 180 g/mol. The van der Waals surface area contributed by atoms with Crippen LogP contribution in [0.15, 0.2) is 47.1 Å². The molecule has 0 nitrogen and oxygen atoms in total. The smallest absolute Gasteiger partial charge is 0.0202 e. The summed E-state index contributed by atoms with van der Waals surface area (Å²) in [7, 11) is 0. The molecule has 0 aromatic rings. The second-order valence-corrected chi connectivity index (χ2v) is 4.03. The van der Waals surface area contributed by atoms with Gasteiger partial charge in [0.25, 0.3) is 0 Å². The van der Waals surface area contributed by atoms with Gasteiger partial charge in [0.1, 0.15) is 0 Å². The first-order chi connectivity index (χ1) is 7.08. The maximum absolute atomic E-state index is 3.92. The molecule has 0 saturated carbocycles. The van der Waals surface area contributed by atoms with Crippen LogP contribution in [0.2, 0.25) is 0 Å². The summed E-state index contributed by atoms with van der Waals surface area (Å²) in [4.78, 5) is 0. The van der Waals surface area contributed by atoms with Crippen LogP contribution in [-0.2, 0) is 0 Å². The summed E-state index contributed by atoms with van der Waals surface area (Å²) in [5.74, 6) is 0. The zero-order chi connectivity index (χ0) is 11.8. The molecule has 0 unspecified atom stereocenters. The molecule has 0 bridgehead atoms. The summed E-state index contributed by atoms with van der Waals surface area (Å²) in [5, 5.41) is 0. The number of allylic oxidation sites excluding steroid dienone is 7. The van der Waals surface area contributed by atoms with Crippen molar-refractivity contribution >= 4 is 0 Å². The lowest BCUT2D eigenvalue weighted by molar-refractivity contribution is 0.900. The fourth-order valence-electron chi connectivity index (χ4n) is 1.77. The SMILES string of the molecule is C=C/C(C(CCC)=C(C)C)=C(C)\C=C/C. The lowest BCUT2D eigenvalue weighted by atomic mass is 9.93. The minimum Gasteiger partial charge on any atom is -0.0985 e. The molecule has 0 aliphatic heterocycles. The highest BCUT2D eigenvalue weighted by Crippen LogP contribution is 2.24. The molecule has 0 aliphatic carbocycles. The molecule has 84 valence electrons. The first-order valence-electron chi connectivity index (χ1n) is 5.71. The molecular formula is C15H24. The van der Waals surface area contributed by atoms with Crippen LogP contribution in [0.4, 0.5) is 0 Å². The van der Waals surface area contributed by atoms with E-state index in [0.717, 1.165) is 6.42 Å². The van der Waals surface area contributed by atoms with Crippen LogP contribution in [0.3, 0.4) is 0 Å². The van der Waals surface area contributed by atoms with Gasteiger partial charge in [0, 0.05) is 0 Å². The Hall–Kier alpha value is -1.04. The molecule has 0 rings (SSSR count). The van der Waals surface area contributed by atoms with Gasteiger partial charge in [-0.2, -0.15) is 0 Å². The Morgan fingerprint density at radius 1 is 1.20 bits per heavy atom. The monoisotopic (exact) mass is 204 g/mol. The highest BCUT2D eigenvalue weighted by atomic mass is 14.1. The molecule has 0 aromatic carbocycles. The molecule has 0 heteroatoms. The van der Waals surface area contributed by atoms with Crippen molar-refractivity contribution in [2.75, 3.05) is 0 Å². The van der Waals surface area contributed by atoms with Gasteiger partial charge >= 0.3 is 0 Å². The van der Waals surface area contributed by atoms with Crippen molar-refractivity contribution in [1.29, 1.82) is 0 Å². The molecule has 0 fully saturated rings. The molecule has 0 spiro atoms. The Morgan fingerprint density at radius 3 is 2.13 bits per heavy atom. The fraction of sp³-hybridized carbons (Fsp3) is 0.467. The Labute approximate surface area is 95.1 Å². The van der Waals surface area contributed by atoms with E-state index in [1.807, 2.05) is 13.0 Å². The second-order valence-electron chi connectivity index (χ2n) is 4.03. The maximum Gasteiger partial charge on any atom is -0.0202 e. The van der Waals surface area contributed by atoms with Gasteiger partial charge in [0.05, 0.1) is 0 Å². The Morgan fingerprint density at radius 2 is 1.80 bits per heavy atom. The van der Waals surface area contributed by atoms with Crippen LogP contribution in [0, 0.1) is 0 Å². The fourth-order valence-corrected chi connectivity index (χ4v) is 1.77. The molecule has 15 heavy (non-hydrogen) atoms. The van der Waals surface area contributed by atoms with Gasteiger partial charge < -0.3 is 0 Å². The van der Waals surface area contributed by atoms with E-state index < -0.39 is 0 Å². The van der Waals surface area contributed by atoms with Gasteiger partial charge in [0.2, 0.25) is 0 Å². The van der Waals surface area contributed by atoms with Crippen molar-refractivity contribution in [3.63, 3.8) is 0 Å². The third kappa shape index (κ3) is 4.33. The van der Waals surface area contributed by atoms with Crippen molar-refractivity contribution < 1.29 is 0 Å². The topological polar surface area (TPSA) is 0 Å². The summed E-state index contributed by atoms with van der Waals surface area (Å²) >= 11 is 0. The summed E-state index contributed by atoms with van der Waals surface area (Å²) in [5.41, 5.74) is 5.45. The predicted octanol–water partition coefficient (Wildman–Crippen LogP) is 5.20. The van der Waals surface area contributed by atoms with E-state index in [9.17, 15) is 0 Å². The molecule has 0 N–H and O–H groups in total. The summed E-state index contributed by atoms with van der Waals surface area (Å²) in [6, 6.07) is 0. The van der Waals surface area contributed by atoms with Gasteiger partial charge in [-0.15, -0.1) is 0 Å². The van der Waals surface area contributed by atoms with Gasteiger partial charge in [0.15, 0.2) is 0 Å². The zero-order valence-electron chi connectivity index (χ0n) is 10.9. The van der Waals surface area contributed by atoms with Crippen LogP contribution < -0.4 is 0 Å². The highest BCUT2D eigenvalue weighted by Gasteiger charge is 2.05. The maximum atomic E-state index is 3.92. The molecule has 0 heterocycles. The van der Waals surface area contributed by atoms with E-state index in [0.29, 0.717) is 0 Å². The van der Waals surface area contributed by atoms with Crippen LogP contribution >= 0.6 is 0 Å². The molecule has 0 atom stereocenters. The standard InChI is InChI=1S/C15H24/c1-7-10-13(6)14(9-3)15(11-8-2)12(4)5/h7,9-10H,3,8,11H2,1-2,4-6H3/b10-7-,14-13+. The molecule has 0 aromatic heterocycles. The minimum atomic E-state index is 1.14. The average molecular weight is 204 g/mol. The average Bonchev–Trinajstić information content (AvgIpc) is 2.18. The van der Waals surface area contributed by atoms with Crippen molar-refractivity contribution in [3.8, 4) is 0 Å². The van der Waals surface area contributed by atoms with Gasteiger partial charge in [-0.05, 0) is 50.8 Å². The Balaban J connectivity index is 5.35. The Bertz CT molecular complexity index is 294. The second kappa shape index (κ2) is 7.28. The van der Waals surface area contributed by atoms with Gasteiger partial charge in [-0.1, -0.05) is 43.7 Å². The summed E-state index contributed by atoms with van der Waals surface area (Å²) < 4.78 is 0. The quantitative estimate of drug-likeness (QED) is 0.540. The van der Waals surface area contributed by atoms with E-state index in [1.54, 1.807) is 0 Å². The summed E-state index contributed by atoms with van der Waals surface area (Å²) in [6.45, 7) is 14.7. The lowest BCUT2D eigenvalue weighted by Crippen LogP contribution is -1.93. The first-order valence-corrected chi connectivity index (χ1v) is 5.71. The van der Waals surface area contributed by atoms with Crippen molar-refractivity contribution in [1.82, 2.24) is 0 Å². The predicted molar refractivity (Wildman–Crippen MR) is 71.0 cm³/mol. The largest absolute Gasteiger partial charge is 0.0985 e. The zero-order valence-corrected chi connectivity index (χ0v) is 10.9. The normalized spacial score (nSPS) is 12.6. The number of hydrogen-bond acceptors (Lipinski definition) is 0. The number of rotatable bonds is 5. The van der Waals surface area contributed by atoms with Crippen LogP contribution in [0.1, 0.15) is 47.5 Å². The minimum absolute atomic E-state index is 1.14. The van der Waals surface area contributed by atoms with E-state index >= 15 is 0 Å². The van der Waals surface area contributed by atoms with E-state index in [4.69, 9.17) is 0 Å². The summed E-state index contributed by atoms with van der Waals surface area (Å²) in [6.07, 6.45) is 8.52. The molecule has 0 amide bonds. The molecule has 0 aliphatic rings. The van der Waals surface area contributed by atoms with Crippen LogP contribution in [0.5, 0.6) is 0 Å². The third-order valence-electron chi connectivity index (χ3n) is 2.47. The lowest BCUT2D eigenvalue weighted by Gasteiger charge is -2.12. The highest BCUT2D eigenvalue weighted by molar-refractivity contribution is 5.47. The number of hydrogen-bond donors (Lipinski definition) is 0. The van der Waals surface area contributed by atoms with Gasteiger partial charge in [-0.3, -0.25) is 0 Å². The van der Waals surface area contributed by atoms with Crippen molar-refractivity contribution in [3.05, 3.63) is 47.1 Å². The van der Waals surface area contributed by atoms with E-state index in [-0.39, 0.29) is 0 Å². The van der Waals surface area contributed by atoms with Crippen LogP contribution in [0.25, 0.3) is 0 Å². The van der Waals surface area contributed by atoms with E-state index in [1.165, 1.54) is 28.7 Å². The van der Waals surface area contributed by atoms with E-state index in [2.05, 4.69) is 46.4 Å².